The molecule has 2 amide bonds. The van der Waals surface area contributed by atoms with Crippen LogP contribution in [0.25, 0.3) is 0 Å². The van der Waals surface area contributed by atoms with Crippen LogP contribution in [0.5, 0.6) is 5.75 Å². The van der Waals surface area contributed by atoms with Crippen molar-refractivity contribution in [3.8, 4) is 5.75 Å². The molecule has 1 aromatic heterocycles. The van der Waals surface area contributed by atoms with Crippen LogP contribution in [-0.2, 0) is 4.79 Å². The maximum atomic E-state index is 12.8. The summed E-state index contributed by atoms with van der Waals surface area (Å²) in [6, 6.07) is 13.5. The Hall–Kier alpha value is -2.89. The summed E-state index contributed by atoms with van der Waals surface area (Å²) < 4.78 is 6.53. The van der Waals surface area contributed by atoms with Crippen molar-refractivity contribution in [1.29, 1.82) is 0 Å². The number of aromatic nitrogens is 1. The fourth-order valence-corrected chi connectivity index (χ4v) is 4.88. The molecular weight excluding hydrogens is 390 g/mol. The third-order valence-corrected chi connectivity index (χ3v) is 6.87. The van der Waals surface area contributed by atoms with Gasteiger partial charge in [0.2, 0.25) is 5.91 Å². The highest BCUT2D eigenvalue weighted by atomic mass is 16.5. The number of fused-ring (bicyclic) bond motifs is 1. The zero-order chi connectivity index (χ0) is 21.3. The van der Waals surface area contributed by atoms with Crippen molar-refractivity contribution in [2.24, 2.45) is 5.92 Å². The molecule has 1 aliphatic carbocycles. The summed E-state index contributed by atoms with van der Waals surface area (Å²) in [4.78, 5) is 31.5. The van der Waals surface area contributed by atoms with E-state index in [1.165, 1.54) is 12.8 Å². The number of carbonyl (C=O) groups is 2. The SMILES string of the molecule is O=C(C[C@H]1CC2(CCN(C(=O)c3ccccn3)CC2)Oc2ccccc21)NCC1CC1. The van der Waals surface area contributed by atoms with E-state index in [9.17, 15) is 9.59 Å². The van der Waals surface area contributed by atoms with E-state index in [1.807, 2.05) is 35.2 Å². The molecular formula is C25H29N3O3. The number of pyridine rings is 1. The molecule has 1 spiro atoms. The van der Waals surface area contributed by atoms with E-state index >= 15 is 0 Å². The van der Waals surface area contributed by atoms with Gasteiger partial charge in [0, 0.05) is 51.0 Å². The number of amides is 2. The number of ether oxygens (including phenoxy) is 1. The molecule has 2 aromatic rings. The summed E-state index contributed by atoms with van der Waals surface area (Å²) in [5.74, 6) is 1.81. The van der Waals surface area contributed by atoms with Gasteiger partial charge < -0.3 is 15.0 Å². The molecule has 0 bridgehead atoms. The maximum absolute atomic E-state index is 12.8. The van der Waals surface area contributed by atoms with Crippen molar-refractivity contribution in [1.82, 2.24) is 15.2 Å². The molecule has 1 saturated carbocycles. The van der Waals surface area contributed by atoms with Gasteiger partial charge in [0.1, 0.15) is 17.0 Å². The standard InChI is InChI=1S/C25H29N3O3/c29-23(27-17-18-8-9-18)15-19-16-25(31-22-7-2-1-5-20(19)22)10-13-28(14-11-25)24(30)21-6-3-4-12-26-21/h1-7,12,18-19H,8-11,13-17H2,(H,27,29)/t19-/m0/s1. The minimum atomic E-state index is -0.323. The molecule has 0 radical (unpaired) electrons. The number of nitrogens with zero attached hydrogens (tertiary/aromatic N) is 2. The molecule has 6 heteroatoms. The Kier molecular flexibility index (Phi) is 5.38. The van der Waals surface area contributed by atoms with Crippen LogP contribution in [0.1, 0.15) is 60.5 Å². The van der Waals surface area contributed by atoms with Crippen molar-refractivity contribution in [3.63, 3.8) is 0 Å². The van der Waals surface area contributed by atoms with Crippen LogP contribution in [0, 0.1) is 5.92 Å². The van der Waals surface area contributed by atoms with E-state index in [0.717, 1.165) is 37.1 Å². The lowest BCUT2D eigenvalue weighted by Gasteiger charge is -2.46. The van der Waals surface area contributed by atoms with Gasteiger partial charge in [-0.3, -0.25) is 14.6 Å². The predicted octanol–water partition coefficient (Wildman–Crippen LogP) is 3.54. The van der Waals surface area contributed by atoms with E-state index in [2.05, 4.69) is 16.4 Å². The Bertz CT molecular complexity index is 949. The van der Waals surface area contributed by atoms with Crippen molar-refractivity contribution < 1.29 is 14.3 Å². The van der Waals surface area contributed by atoms with E-state index in [4.69, 9.17) is 4.74 Å². The minimum absolute atomic E-state index is 0.0253. The van der Waals surface area contributed by atoms with E-state index in [0.29, 0.717) is 31.1 Å². The highest BCUT2D eigenvalue weighted by Gasteiger charge is 2.44. The lowest BCUT2D eigenvalue weighted by molar-refractivity contribution is -0.122. The molecule has 1 aromatic carbocycles. The molecule has 6 nitrogen and oxygen atoms in total. The number of likely N-dealkylation sites (tertiary alicyclic amines) is 1. The summed E-state index contributed by atoms with van der Waals surface area (Å²) >= 11 is 0. The second-order valence-corrected chi connectivity index (χ2v) is 9.18. The smallest absolute Gasteiger partial charge is 0.272 e. The van der Waals surface area contributed by atoms with Gasteiger partial charge in [0.05, 0.1) is 0 Å². The number of rotatable bonds is 5. The average molecular weight is 420 g/mol. The first-order valence-corrected chi connectivity index (χ1v) is 11.4. The van der Waals surface area contributed by atoms with Gasteiger partial charge in [0.25, 0.3) is 5.91 Å². The fraction of sp³-hybridized carbons (Fsp3) is 0.480. The molecule has 2 fully saturated rings. The highest BCUT2D eigenvalue weighted by molar-refractivity contribution is 5.92. The van der Waals surface area contributed by atoms with Gasteiger partial charge in [-0.15, -0.1) is 0 Å². The van der Waals surface area contributed by atoms with Gasteiger partial charge in [-0.1, -0.05) is 24.3 Å². The molecule has 31 heavy (non-hydrogen) atoms. The molecule has 3 heterocycles. The number of piperidine rings is 1. The number of hydrogen-bond donors (Lipinski definition) is 1. The summed E-state index contributed by atoms with van der Waals surface area (Å²) in [5, 5.41) is 3.11. The minimum Gasteiger partial charge on any atom is -0.487 e. The molecule has 1 atom stereocenters. The van der Waals surface area contributed by atoms with Crippen molar-refractivity contribution >= 4 is 11.8 Å². The van der Waals surface area contributed by atoms with Crippen LogP contribution in [0.2, 0.25) is 0 Å². The Morgan fingerprint density at radius 1 is 1.10 bits per heavy atom. The Balaban J connectivity index is 1.27. The quantitative estimate of drug-likeness (QED) is 0.805. The van der Waals surface area contributed by atoms with Crippen molar-refractivity contribution in [2.75, 3.05) is 19.6 Å². The van der Waals surface area contributed by atoms with Gasteiger partial charge in [-0.05, 0) is 48.9 Å². The Morgan fingerprint density at radius 2 is 1.87 bits per heavy atom. The lowest BCUT2D eigenvalue weighted by Crippen LogP contribution is -2.52. The lowest BCUT2D eigenvalue weighted by atomic mass is 9.76. The summed E-state index contributed by atoms with van der Waals surface area (Å²) in [5.41, 5.74) is 1.29. The summed E-state index contributed by atoms with van der Waals surface area (Å²) in [6.07, 6.45) is 6.95. The van der Waals surface area contributed by atoms with Crippen LogP contribution < -0.4 is 10.1 Å². The topological polar surface area (TPSA) is 71.5 Å². The Labute approximate surface area is 183 Å². The number of hydrogen-bond acceptors (Lipinski definition) is 4. The second-order valence-electron chi connectivity index (χ2n) is 9.18. The molecule has 162 valence electrons. The van der Waals surface area contributed by atoms with Crippen molar-refractivity contribution in [3.05, 3.63) is 59.9 Å². The maximum Gasteiger partial charge on any atom is 0.272 e. The predicted molar refractivity (Wildman–Crippen MR) is 117 cm³/mol. The van der Waals surface area contributed by atoms with E-state index in [-0.39, 0.29) is 23.3 Å². The van der Waals surface area contributed by atoms with Crippen molar-refractivity contribution in [2.45, 2.75) is 50.0 Å². The van der Waals surface area contributed by atoms with Gasteiger partial charge >= 0.3 is 0 Å². The highest BCUT2D eigenvalue weighted by Crippen LogP contribution is 2.46. The van der Waals surface area contributed by atoms with Crippen LogP contribution in [0.4, 0.5) is 0 Å². The first-order valence-electron chi connectivity index (χ1n) is 11.4. The zero-order valence-corrected chi connectivity index (χ0v) is 17.8. The fourth-order valence-electron chi connectivity index (χ4n) is 4.88. The molecule has 5 rings (SSSR count). The first kappa shape index (κ1) is 20.0. The van der Waals surface area contributed by atoms with Crippen LogP contribution in [0.3, 0.4) is 0 Å². The summed E-state index contributed by atoms with van der Waals surface area (Å²) in [7, 11) is 0. The second kappa shape index (κ2) is 8.33. The van der Waals surface area contributed by atoms with Gasteiger partial charge in [0.15, 0.2) is 0 Å². The number of para-hydroxylation sites is 1. The van der Waals surface area contributed by atoms with Gasteiger partial charge in [-0.25, -0.2) is 0 Å². The van der Waals surface area contributed by atoms with Crippen LogP contribution in [0.15, 0.2) is 48.7 Å². The zero-order valence-electron chi connectivity index (χ0n) is 17.8. The van der Waals surface area contributed by atoms with E-state index < -0.39 is 0 Å². The third kappa shape index (κ3) is 4.43. The van der Waals surface area contributed by atoms with Crippen LogP contribution >= 0.6 is 0 Å². The molecule has 1 N–H and O–H groups in total. The molecule has 3 aliphatic rings. The third-order valence-electron chi connectivity index (χ3n) is 6.87. The molecule has 2 aliphatic heterocycles. The Morgan fingerprint density at radius 3 is 2.61 bits per heavy atom. The number of benzene rings is 1. The molecule has 1 saturated heterocycles. The van der Waals surface area contributed by atoms with E-state index in [1.54, 1.807) is 12.3 Å². The normalized spacial score (nSPS) is 21.8. The molecule has 0 unspecified atom stereocenters. The average Bonchev–Trinajstić information content (AvgIpc) is 3.63. The first-order chi connectivity index (χ1) is 15.1. The number of carbonyl (C=O) groups excluding carboxylic acids is 2. The largest absolute Gasteiger partial charge is 0.487 e. The van der Waals surface area contributed by atoms with Gasteiger partial charge in [-0.2, -0.15) is 0 Å². The summed E-state index contributed by atoms with van der Waals surface area (Å²) in [6.45, 7) is 2.08. The monoisotopic (exact) mass is 419 g/mol. The number of nitrogens with one attached hydrogen (secondary N) is 1. The van der Waals surface area contributed by atoms with Crippen LogP contribution in [-0.4, -0.2) is 46.9 Å².